The van der Waals surface area contributed by atoms with Crippen LogP contribution in [0.5, 0.6) is 0 Å². The number of nitrogens with zero attached hydrogens (tertiary/aromatic N) is 1. The van der Waals surface area contributed by atoms with Crippen LogP contribution in [0.3, 0.4) is 0 Å². The van der Waals surface area contributed by atoms with Crippen LogP contribution in [-0.4, -0.2) is 41.8 Å². The average molecular weight is 214 g/mol. The molecule has 0 aliphatic heterocycles. The zero-order valence-electron chi connectivity index (χ0n) is 10.2. The third-order valence-corrected chi connectivity index (χ3v) is 3.37. The van der Waals surface area contributed by atoms with Gasteiger partial charge in [0.25, 0.3) is 0 Å². The van der Waals surface area contributed by atoms with Crippen LogP contribution >= 0.6 is 0 Å². The van der Waals surface area contributed by atoms with Gasteiger partial charge in [-0.15, -0.1) is 0 Å². The Morgan fingerprint density at radius 3 is 2.47 bits per heavy atom. The molecule has 2 unspecified atom stereocenters. The van der Waals surface area contributed by atoms with E-state index >= 15 is 0 Å². The van der Waals surface area contributed by atoms with Crippen LogP contribution in [0, 0.1) is 5.92 Å². The fourth-order valence-electron chi connectivity index (χ4n) is 2.18. The largest absolute Gasteiger partial charge is 0.395 e. The molecule has 0 radical (unpaired) electrons. The predicted molar refractivity (Wildman–Crippen MR) is 63.7 cm³/mol. The highest BCUT2D eigenvalue weighted by Crippen LogP contribution is 2.30. The molecule has 15 heavy (non-hydrogen) atoms. The van der Waals surface area contributed by atoms with Gasteiger partial charge in [0.05, 0.1) is 6.61 Å². The normalized spacial score (nSPS) is 20.6. The Balaban J connectivity index is 2.43. The van der Waals surface area contributed by atoms with Crippen molar-refractivity contribution in [3.63, 3.8) is 0 Å². The molecule has 0 saturated heterocycles. The summed E-state index contributed by atoms with van der Waals surface area (Å²) in [5, 5.41) is 9.44. The number of rotatable bonds is 8. The fourth-order valence-corrected chi connectivity index (χ4v) is 2.18. The molecule has 0 aromatic rings. The SMILES string of the molecule is CCCC(N)C(CO)N(CC)CC1CC1. The molecule has 90 valence electrons. The van der Waals surface area contributed by atoms with E-state index in [1.54, 1.807) is 0 Å². The number of hydrogen-bond acceptors (Lipinski definition) is 3. The molecule has 3 nitrogen and oxygen atoms in total. The highest BCUT2D eigenvalue weighted by molar-refractivity contribution is 4.85. The molecular weight excluding hydrogens is 188 g/mol. The van der Waals surface area contributed by atoms with E-state index in [2.05, 4.69) is 18.7 Å². The quantitative estimate of drug-likeness (QED) is 0.638. The number of aliphatic hydroxyl groups excluding tert-OH is 1. The lowest BCUT2D eigenvalue weighted by Crippen LogP contribution is -2.50. The second-order valence-corrected chi connectivity index (χ2v) is 4.73. The minimum Gasteiger partial charge on any atom is -0.395 e. The third kappa shape index (κ3) is 4.09. The van der Waals surface area contributed by atoms with Gasteiger partial charge in [0.1, 0.15) is 0 Å². The van der Waals surface area contributed by atoms with Gasteiger partial charge in [-0.05, 0) is 31.7 Å². The van der Waals surface area contributed by atoms with Crippen molar-refractivity contribution in [3.8, 4) is 0 Å². The molecule has 1 rings (SSSR count). The van der Waals surface area contributed by atoms with E-state index in [1.807, 2.05) is 0 Å². The summed E-state index contributed by atoms with van der Waals surface area (Å²) in [6.07, 6.45) is 4.82. The van der Waals surface area contributed by atoms with Crippen LogP contribution in [0.15, 0.2) is 0 Å². The summed E-state index contributed by atoms with van der Waals surface area (Å²) < 4.78 is 0. The Bertz CT molecular complexity index is 171. The highest BCUT2D eigenvalue weighted by Gasteiger charge is 2.29. The second kappa shape index (κ2) is 6.46. The van der Waals surface area contributed by atoms with Gasteiger partial charge in [-0.2, -0.15) is 0 Å². The minimum atomic E-state index is 0.124. The van der Waals surface area contributed by atoms with Gasteiger partial charge in [0.15, 0.2) is 0 Å². The number of nitrogens with two attached hydrogens (primary N) is 1. The molecule has 1 aliphatic carbocycles. The number of likely N-dealkylation sites (N-methyl/N-ethyl adjacent to an activating group) is 1. The molecule has 0 aromatic heterocycles. The first kappa shape index (κ1) is 12.9. The lowest BCUT2D eigenvalue weighted by molar-refractivity contribution is 0.102. The van der Waals surface area contributed by atoms with E-state index in [1.165, 1.54) is 12.8 Å². The standard InChI is InChI=1S/C12H26N2O/c1-3-5-11(13)12(9-15)14(4-2)8-10-6-7-10/h10-12,15H,3-9,13H2,1-2H3. The highest BCUT2D eigenvalue weighted by atomic mass is 16.3. The van der Waals surface area contributed by atoms with Gasteiger partial charge in [-0.1, -0.05) is 20.3 Å². The van der Waals surface area contributed by atoms with Crippen molar-refractivity contribution in [2.75, 3.05) is 19.7 Å². The van der Waals surface area contributed by atoms with Crippen molar-refractivity contribution in [2.45, 2.75) is 51.6 Å². The Morgan fingerprint density at radius 1 is 1.40 bits per heavy atom. The van der Waals surface area contributed by atoms with Crippen molar-refractivity contribution < 1.29 is 5.11 Å². The van der Waals surface area contributed by atoms with Crippen molar-refractivity contribution in [2.24, 2.45) is 11.7 Å². The van der Waals surface area contributed by atoms with E-state index in [-0.39, 0.29) is 18.7 Å². The van der Waals surface area contributed by atoms with Gasteiger partial charge in [0, 0.05) is 18.6 Å². The molecule has 3 N–H and O–H groups in total. The van der Waals surface area contributed by atoms with Gasteiger partial charge in [-0.3, -0.25) is 4.90 Å². The van der Waals surface area contributed by atoms with Gasteiger partial charge in [-0.25, -0.2) is 0 Å². The Kier molecular flexibility index (Phi) is 5.58. The fraction of sp³-hybridized carbons (Fsp3) is 1.00. The van der Waals surface area contributed by atoms with E-state index in [9.17, 15) is 5.11 Å². The molecule has 2 atom stereocenters. The lowest BCUT2D eigenvalue weighted by Gasteiger charge is -2.33. The Morgan fingerprint density at radius 2 is 2.07 bits per heavy atom. The van der Waals surface area contributed by atoms with E-state index in [0.29, 0.717) is 0 Å². The van der Waals surface area contributed by atoms with Gasteiger partial charge < -0.3 is 10.8 Å². The van der Waals surface area contributed by atoms with Crippen molar-refractivity contribution in [3.05, 3.63) is 0 Å². The third-order valence-electron chi connectivity index (χ3n) is 3.37. The second-order valence-electron chi connectivity index (χ2n) is 4.73. The van der Waals surface area contributed by atoms with Gasteiger partial charge in [0.2, 0.25) is 0 Å². The summed E-state index contributed by atoms with van der Waals surface area (Å²) in [4.78, 5) is 2.36. The zero-order chi connectivity index (χ0) is 11.3. The molecule has 1 saturated carbocycles. The van der Waals surface area contributed by atoms with Crippen molar-refractivity contribution in [1.29, 1.82) is 0 Å². The van der Waals surface area contributed by atoms with Crippen LogP contribution in [-0.2, 0) is 0 Å². The van der Waals surface area contributed by atoms with E-state index in [0.717, 1.165) is 31.8 Å². The molecule has 0 heterocycles. The van der Waals surface area contributed by atoms with Crippen LogP contribution in [0.4, 0.5) is 0 Å². The summed E-state index contributed by atoms with van der Waals surface area (Å²) in [5.41, 5.74) is 6.11. The Labute approximate surface area is 93.6 Å². The predicted octanol–water partition coefficient (Wildman–Crippen LogP) is 1.21. The van der Waals surface area contributed by atoms with Crippen molar-refractivity contribution in [1.82, 2.24) is 4.90 Å². The van der Waals surface area contributed by atoms with Crippen LogP contribution in [0.1, 0.15) is 39.5 Å². The van der Waals surface area contributed by atoms with Crippen LogP contribution in [0.25, 0.3) is 0 Å². The lowest BCUT2D eigenvalue weighted by atomic mass is 10.0. The maximum atomic E-state index is 9.44. The molecule has 0 spiro atoms. The number of hydrogen-bond donors (Lipinski definition) is 2. The molecule has 1 fully saturated rings. The zero-order valence-corrected chi connectivity index (χ0v) is 10.2. The summed E-state index contributed by atoms with van der Waals surface area (Å²) in [6.45, 7) is 6.62. The summed E-state index contributed by atoms with van der Waals surface area (Å²) in [7, 11) is 0. The van der Waals surface area contributed by atoms with Crippen LogP contribution < -0.4 is 5.73 Å². The molecule has 0 bridgehead atoms. The smallest absolute Gasteiger partial charge is 0.0601 e. The molecule has 3 heteroatoms. The van der Waals surface area contributed by atoms with E-state index < -0.39 is 0 Å². The summed E-state index contributed by atoms with van der Waals surface area (Å²) in [5.74, 6) is 0.868. The Hall–Kier alpha value is -0.120. The van der Waals surface area contributed by atoms with Gasteiger partial charge >= 0.3 is 0 Å². The molecule has 0 aromatic carbocycles. The first-order valence-electron chi connectivity index (χ1n) is 6.33. The van der Waals surface area contributed by atoms with Crippen molar-refractivity contribution >= 4 is 0 Å². The maximum absolute atomic E-state index is 9.44. The number of aliphatic hydroxyl groups is 1. The average Bonchev–Trinajstić information content (AvgIpc) is 3.01. The van der Waals surface area contributed by atoms with E-state index in [4.69, 9.17) is 5.73 Å². The molecule has 1 aliphatic rings. The first-order chi connectivity index (χ1) is 7.22. The van der Waals surface area contributed by atoms with Crippen LogP contribution in [0.2, 0.25) is 0 Å². The minimum absolute atomic E-state index is 0.124. The monoisotopic (exact) mass is 214 g/mol. The summed E-state index contributed by atoms with van der Waals surface area (Å²) >= 11 is 0. The molecule has 0 amide bonds. The maximum Gasteiger partial charge on any atom is 0.0601 e. The topological polar surface area (TPSA) is 49.5 Å². The first-order valence-corrected chi connectivity index (χ1v) is 6.33. The summed E-state index contributed by atoms with van der Waals surface area (Å²) in [6, 6.07) is 0.286. The molecular formula is C12H26N2O.